The standard InChI is InChI=1S/C13H10BrN3/c14-9-6-10-11(15)12(17-13(10)16-7-9)8-4-2-1-3-5-8/h1-7H,15H2,(H,16,17). The van der Waals surface area contributed by atoms with Crippen LogP contribution in [0.15, 0.2) is 47.1 Å². The zero-order chi connectivity index (χ0) is 11.8. The number of benzene rings is 1. The van der Waals surface area contributed by atoms with Crippen LogP contribution in [0.4, 0.5) is 5.69 Å². The number of fused-ring (bicyclic) bond motifs is 1. The number of nitrogens with zero attached hydrogens (tertiary/aromatic N) is 1. The summed E-state index contributed by atoms with van der Waals surface area (Å²) in [5, 5.41) is 0.943. The van der Waals surface area contributed by atoms with Gasteiger partial charge < -0.3 is 10.7 Å². The normalized spacial score (nSPS) is 10.9. The van der Waals surface area contributed by atoms with E-state index in [0.717, 1.165) is 32.5 Å². The second kappa shape index (κ2) is 3.89. The number of hydrogen-bond donors (Lipinski definition) is 2. The van der Waals surface area contributed by atoms with Gasteiger partial charge in [-0.05, 0) is 22.0 Å². The number of halogens is 1. The van der Waals surface area contributed by atoms with E-state index in [0.29, 0.717) is 0 Å². The smallest absolute Gasteiger partial charge is 0.139 e. The van der Waals surface area contributed by atoms with Gasteiger partial charge in [0, 0.05) is 21.6 Å². The van der Waals surface area contributed by atoms with Crippen molar-refractivity contribution in [3.8, 4) is 11.3 Å². The third kappa shape index (κ3) is 1.70. The highest BCUT2D eigenvalue weighted by Gasteiger charge is 2.10. The van der Waals surface area contributed by atoms with Gasteiger partial charge in [-0.25, -0.2) is 4.98 Å². The monoisotopic (exact) mass is 287 g/mol. The maximum absolute atomic E-state index is 6.15. The van der Waals surface area contributed by atoms with E-state index in [4.69, 9.17) is 5.73 Å². The molecular formula is C13H10BrN3. The van der Waals surface area contributed by atoms with E-state index in [2.05, 4.69) is 25.9 Å². The molecule has 3 N–H and O–H groups in total. The third-order valence-electron chi connectivity index (χ3n) is 2.72. The zero-order valence-corrected chi connectivity index (χ0v) is 10.5. The molecule has 0 atom stereocenters. The van der Waals surface area contributed by atoms with E-state index in [1.807, 2.05) is 36.4 Å². The van der Waals surface area contributed by atoms with Crippen LogP contribution in [0, 0.1) is 0 Å². The number of rotatable bonds is 1. The van der Waals surface area contributed by atoms with Crippen LogP contribution in [0.5, 0.6) is 0 Å². The van der Waals surface area contributed by atoms with Gasteiger partial charge in [0.2, 0.25) is 0 Å². The molecule has 0 bridgehead atoms. The molecule has 0 aliphatic heterocycles. The van der Waals surface area contributed by atoms with Crippen molar-refractivity contribution in [3.05, 3.63) is 47.1 Å². The van der Waals surface area contributed by atoms with Gasteiger partial charge in [0.25, 0.3) is 0 Å². The Balaban J connectivity index is 2.28. The van der Waals surface area contributed by atoms with Crippen molar-refractivity contribution in [1.82, 2.24) is 9.97 Å². The van der Waals surface area contributed by atoms with Crippen LogP contribution >= 0.6 is 15.9 Å². The lowest BCUT2D eigenvalue weighted by Gasteiger charge is -1.98. The van der Waals surface area contributed by atoms with Crippen molar-refractivity contribution in [3.63, 3.8) is 0 Å². The van der Waals surface area contributed by atoms with Crippen LogP contribution in [0.1, 0.15) is 0 Å². The number of aromatic nitrogens is 2. The van der Waals surface area contributed by atoms with Gasteiger partial charge in [-0.2, -0.15) is 0 Å². The number of anilines is 1. The Kier molecular flexibility index (Phi) is 2.37. The molecule has 0 aliphatic rings. The molecule has 3 aromatic rings. The van der Waals surface area contributed by atoms with Crippen molar-refractivity contribution in [2.75, 3.05) is 5.73 Å². The molecule has 0 radical (unpaired) electrons. The van der Waals surface area contributed by atoms with Crippen LogP contribution in [-0.2, 0) is 0 Å². The number of hydrogen-bond acceptors (Lipinski definition) is 2. The Labute approximate surface area is 107 Å². The molecular weight excluding hydrogens is 278 g/mol. The quantitative estimate of drug-likeness (QED) is 0.719. The molecule has 2 heterocycles. The van der Waals surface area contributed by atoms with E-state index >= 15 is 0 Å². The Morgan fingerprint density at radius 3 is 2.71 bits per heavy atom. The first kappa shape index (κ1) is 10.4. The second-order valence-electron chi connectivity index (χ2n) is 3.83. The Bertz CT molecular complexity index is 674. The number of pyridine rings is 1. The van der Waals surface area contributed by atoms with E-state index < -0.39 is 0 Å². The molecule has 1 aromatic carbocycles. The first-order valence-electron chi connectivity index (χ1n) is 5.24. The Morgan fingerprint density at radius 1 is 1.18 bits per heavy atom. The SMILES string of the molecule is Nc1c(-c2ccccc2)[nH]c2ncc(Br)cc12. The number of H-pyrrole nitrogens is 1. The fourth-order valence-electron chi connectivity index (χ4n) is 1.90. The van der Waals surface area contributed by atoms with Crippen molar-refractivity contribution in [2.45, 2.75) is 0 Å². The van der Waals surface area contributed by atoms with Crippen LogP contribution < -0.4 is 5.73 Å². The molecule has 3 rings (SSSR count). The Hall–Kier alpha value is -1.81. The fraction of sp³-hybridized carbons (Fsp3) is 0. The molecule has 0 saturated heterocycles. The third-order valence-corrected chi connectivity index (χ3v) is 3.15. The molecule has 0 fully saturated rings. The molecule has 0 unspecified atom stereocenters. The highest BCUT2D eigenvalue weighted by atomic mass is 79.9. The molecule has 84 valence electrons. The highest BCUT2D eigenvalue weighted by molar-refractivity contribution is 9.10. The molecule has 3 nitrogen and oxygen atoms in total. The number of nitrogen functional groups attached to an aromatic ring is 1. The molecule has 0 spiro atoms. The zero-order valence-electron chi connectivity index (χ0n) is 8.94. The summed E-state index contributed by atoms with van der Waals surface area (Å²) in [5.74, 6) is 0. The Morgan fingerprint density at radius 2 is 1.94 bits per heavy atom. The van der Waals surface area contributed by atoms with Crippen molar-refractivity contribution < 1.29 is 0 Å². The summed E-state index contributed by atoms with van der Waals surface area (Å²) in [5.41, 5.74) is 9.68. The van der Waals surface area contributed by atoms with E-state index in [1.165, 1.54) is 0 Å². The summed E-state index contributed by atoms with van der Waals surface area (Å²) < 4.78 is 0.926. The maximum Gasteiger partial charge on any atom is 0.139 e. The predicted octanol–water partition coefficient (Wildman–Crippen LogP) is 3.57. The summed E-state index contributed by atoms with van der Waals surface area (Å²) in [6.45, 7) is 0. The average Bonchev–Trinajstić information content (AvgIpc) is 2.68. The maximum atomic E-state index is 6.15. The number of nitrogens with one attached hydrogen (secondary N) is 1. The average molecular weight is 288 g/mol. The summed E-state index contributed by atoms with van der Waals surface area (Å²) in [7, 11) is 0. The minimum absolute atomic E-state index is 0.736. The van der Waals surface area contributed by atoms with Crippen LogP contribution in [0.2, 0.25) is 0 Å². The summed E-state index contributed by atoms with van der Waals surface area (Å²) in [4.78, 5) is 7.56. The second-order valence-corrected chi connectivity index (χ2v) is 4.75. The van der Waals surface area contributed by atoms with Crippen molar-refractivity contribution in [1.29, 1.82) is 0 Å². The first-order valence-corrected chi connectivity index (χ1v) is 6.03. The molecule has 0 amide bonds. The molecule has 0 aliphatic carbocycles. The van der Waals surface area contributed by atoms with Gasteiger partial charge in [0.15, 0.2) is 0 Å². The minimum atomic E-state index is 0.736. The predicted molar refractivity (Wildman–Crippen MR) is 73.6 cm³/mol. The topological polar surface area (TPSA) is 54.7 Å². The van der Waals surface area contributed by atoms with Gasteiger partial charge in [-0.1, -0.05) is 30.3 Å². The van der Waals surface area contributed by atoms with Gasteiger partial charge >= 0.3 is 0 Å². The molecule has 2 aromatic heterocycles. The molecule has 0 saturated carbocycles. The molecule has 4 heteroatoms. The van der Waals surface area contributed by atoms with Crippen LogP contribution in [-0.4, -0.2) is 9.97 Å². The largest absolute Gasteiger partial charge is 0.396 e. The lowest BCUT2D eigenvalue weighted by Crippen LogP contribution is -1.86. The van der Waals surface area contributed by atoms with Gasteiger partial charge in [-0.15, -0.1) is 0 Å². The van der Waals surface area contributed by atoms with Gasteiger partial charge in [-0.3, -0.25) is 0 Å². The lowest BCUT2D eigenvalue weighted by atomic mass is 10.1. The van der Waals surface area contributed by atoms with Crippen LogP contribution in [0.3, 0.4) is 0 Å². The summed E-state index contributed by atoms with van der Waals surface area (Å²) in [6.07, 6.45) is 1.76. The minimum Gasteiger partial charge on any atom is -0.396 e. The van der Waals surface area contributed by atoms with Crippen molar-refractivity contribution in [2.24, 2.45) is 0 Å². The molecule has 17 heavy (non-hydrogen) atoms. The van der Waals surface area contributed by atoms with Gasteiger partial charge in [0.05, 0.1) is 11.4 Å². The number of nitrogens with two attached hydrogens (primary N) is 1. The van der Waals surface area contributed by atoms with E-state index in [9.17, 15) is 0 Å². The number of aromatic amines is 1. The van der Waals surface area contributed by atoms with E-state index in [1.54, 1.807) is 6.20 Å². The van der Waals surface area contributed by atoms with Gasteiger partial charge in [0.1, 0.15) is 5.65 Å². The van der Waals surface area contributed by atoms with Crippen molar-refractivity contribution >= 4 is 32.7 Å². The fourth-order valence-corrected chi connectivity index (χ4v) is 2.23. The van der Waals surface area contributed by atoms with Crippen LogP contribution in [0.25, 0.3) is 22.3 Å². The summed E-state index contributed by atoms with van der Waals surface area (Å²) >= 11 is 3.40. The summed E-state index contributed by atoms with van der Waals surface area (Å²) in [6, 6.07) is 12.0. The first-order chi connectivity index (χ1) is 8.25. The van der Waals surface area contributed by atoms with E-state index in [-0.39, 0.29) is 0 Å². The highest BCUT2D eigenvalue weighted by Crippen LogP contribution is 2.32. The lowest BCUT2D eigenvalue weighted by molar-refractivity contribution is 1.31.